The van der Waals surface area contributed by atoms with Crippen molar-refractivity contribution in [1.29, 1.82) is 0 Å². The summed E-state index contributed by atoms with van der Waals surface area (Å²) in [5.74, 6) is -1.35. The molecule has 6 heteroatoms. The van der Waals surface area contributed by atoms with Gasteiger partial charge in [0.1, 0.15) is 5.69 Å². The molecule has 1 atom stereocenters. The van der Waals surface area contributed by atoms with Crippen LogP contribution in [0.1, 0.15) is 30.8 Å². The highest BCUT2D eigenvalue weighted by atomic mass is 35.5. The van der Waals surface area contributed by atoms with Crippen molar-refractivity contribution in [1.82, 2.24) is 10.3 Å². The third-order valence-electron chi connectivity index (χ3n) is 2.90. The lowest BCUT2D eigenvalue weighted by molar-refractivity contribution is -0.147. The summed E-state index contributed by atoms with van der Waals surface area (Å²) < 4.78 is 0. The number of aliphatic carboxylic acids is 1. The van der Waals surface area contributed by atoms with Crippen molar-refractivity contribution in [2.45, 2.75) is 20.3 Å². The average molecular weight is 271 g/mol. The second kappa shape index (κ2) is 5.82. The van der Waals surface area contributed by atoms with E-state index in [1.165, 1.54) is 12.3 Å². The van der Waals surface area contributed by atoms with Gasteiger partial charge in [0.2, 0.25) is 0 Å². The standard InChI is InChI=1S/C12H15ClN2O3/c1-3-12(2,11(17)18)7-15-10(16)9-5-4-8(13)6-14-9/h4-6H,3,7H2,1-2H3,(H,15,16)(H,17,18). The van der Waals surface area contributed by atoms with Crippen LogP contribution in [0.25, 0.3) is 0 Å². The van der Waals surface area contributed by atoms with E-state index in [0.717, 1.165) is 0 Å². The van der Waals surface area contributed by atoms with E-state index in [-0.39, 0.29) is 12.2 Å². The first-order valence-electron chi connectivity index (χ1n) is 5.52. The summed E-state index contributed by atoms with van der Waals surface area (Å²) in [7, 11) is 0. The topological polar surface area (TPSA) is 79.3 Å². The molecule has 2 N–H and O–H groups in total. The second-order valence-corrected chi connectivity index (χ2v) is 4.70. The zero-order valence-electron chi connectivity index (χ0n) is 10.2. The molecule has 0 saturated carbocycles. The summed E-state index contributed by atoms with van der Waals surface area (Å²) in [6.07, 6.45) is 1.79. The Morgan fingerprint density at radius 3 is 2.61 bits per heavy atom. The fourth-order valence-electron chi connectivity index (χ4n) is 1.23. The third-order valence-corrected chi connectivity index (χ3v) is 3.12. The van der Waals surface area contributed by atoms with Crippen molar-refractivity contribution in [2.24, 2.45) is 5.41 Å². The van der Waals surface area contributed by atoms with Gasteiger partial charge in [0, 0.05) is 12.7 Å². The summed E-state index contributed by atoms with van der Waals surface area (Å²) in [6.45, 7) is 3.41. The van der Waals surface area contributed by atoms with Crippen molar-refractivity contribution < 1.29 is 14.7 Å². The van der Waals surface area contributed by atoms with E-state index in [0.29, 0.717) is 11.4 Å². The number of hydrogen-bond donors (Lipinski definition) is 2. The van der Waals surface area contributed by atoms with Crippen molar-refractivity contribution in [2.75, 3.05) is 6.54 Å². The number of carboxylic acids is 1. The molecule has 0 saturated heterocycles. The molecule has 98 valence electrons. The van der Waals surface area contributed by atoms with Crippen molar-refractivity contribution >= 4 is 23.5 Å². The van der Waals surface area contributed by atoms with Gasteiger partial charge in [-0.15, -0.1) is 0 Å². The predicted octanol–water partition coefficient (Wildman–Crippen LogP) is 1.97. The minimum atomic E-state index is -0.970. The quantitative estimate of drug-likeness (QED) is 0.857. The van der Waals surface area contributed by atoms with Gasteiger partial charge in [-0.2, -0.15) is 0 Å². The molecule has 18 heavy (non-hydrogen) atoms. The van der Waals surface area contributed by atoms with E-state index in [2.05, 4.69) is 10.3 Å². The molecular formula is C12H15ClN2O3. The highest BCUT2D eigenvalue weighted by Crippen LogP contribution is 2.20. The van der Waals surface area contributed by atoms with Gasteiger partial charge in [-0.25, -0.2) is 4.98 Å². The lowest BCUT2D eigenvalue weighted by Crippen LogP contribution is -2.40. The van der Waals surface area contributed by atoms with Crippen LogP contribution in [-0.2, 0) is 4.79 Å². The van der Waals surface area contributed by atoms with Crippen LogP contribution < -0.4 is 5.32 Å². The molecule has 0 bridgehead atoms. The SMILES string of the molecule is CCC(C)(CNC(=O)c1ccc(Cl)cn1)C(=O)O. The minimum absolute atomic E-state index is 0.0575. The first-order chi connectivity index (χ1) is 8.39. The monoisotopic (exact) mass is 270 g/mol. The number of hydrogen-bond acceptors (Lipinski definition) is 3. The normalized spacial score (nSPS) is 13.7. The van der Waals surface area contributed by atoms with Gasteiger partial charge in [0.15, 0.2) is 0 Å². The lowest BCUT2D eigenvalue weighted by Gasteiger charge is -2.23. The van der Waals surface area contributed by atoms with Crippen LogP contribution in [0, 0.1) is 5.41 Å². The number of nitrogens with zero attached hydrogens (tertiary/aromatic N) is 1. The molecule has 1 aromatic rings. The molecule has 0 aliphatic heterocycles. The number of carbonyl (C=O) groups is 2. The number of aromatic nitrogens is 1. The Morgan fingerprint density at radius 2 is 2.17 bits per heavy atom. The van der Waals surface area contributed by atoms with E-state index in [9.17, 15) is 9.59 Å². The van der Waals surface area contributed by atoms with Crippen LogP contribution in [-0.4, -0.2) is 28.5 Å². The number of halogens is 1. The van der Waals surface area contributed by atoms with Gasteiger partial charge in [0.05, 0.1) is 10.4 Å². The molecule has 0 aliphatic carbocycles. The summed E-state index contributed by atoms with van der Waals surface area (Å²) in [6, 6.07) is 3.04. The van der Waals surface area contributed by atoms with Gasteiger partial charge >= 0.3 is 5.97 Å². The molecule has 0 fully saturated rings. The number of amides is 1. The van der Waals surface area contributed by atoms with Gasteiger partial charge in [0.25, 0.3) is 5.91 Å². The number of carbonyl (C=O) groups excluding carboxylic acids is 1. The maximum atomic E-state index is 11.7. The predicted molar refractivity (Wildman–Crippen MR) is 67.6 cm³/mol. The van der Waals surface area contributed by atoms with Crippen molar-refractivity contribution in [3.63, 3.8) is 0 Å². The van der Waals surface area contributed by atoms with Crippen LogP contribution in [0.5, 0.6) is 0 Å². The number of rotatable bonds is 5. The maximum Gasteiger partial charge on any atom is 0.311 e. The van der Waals surface area contributed by atoms with Gasteiger partial charge in [-0.1, -0.05) is 18.5 Å². The number of carboxylic acid groups (broad SMARTS) is 1. The average Bonchev–Trinajstić information content (AvgIpc) is 2.36. The summed E-state index contributed by atoms with van der Waals surface area (Å²) in [4.78, 5) is 26.7. The van der Waals surface area contributed by atoms with Gasteiger partial charge < -0.3 is 10.4 Å². The summed E-state index contributed by atoms with van der Waals surface area (Å²) >= 11 is 5.66. The van der Waals surface area contributed by atoms with E-state index < -0.39 is 17.3 Å². The lowest BCUT2D eigenvalue weighted by atomic mass is 9.88. The molecule has 0 spiro atoms. The fourth-order valence-corrected chi connectivity index (χ4v) is 1.34. The fraction of sp³-hybridized carbons (Fsp3) is 0.417. The highest BCUT2D eigenvalue weighted by molar-refractivity contribution is 6.30. The first-order valence-corrected chi connectivity index (χ1v) is 5.90. The Morgan fingerprint density at radius 1 is 1.50 bits per heavy atom. The number of pyridine rings is 1. The zero-order valence-corrected chi connectivity index (χ0v) is 11.0. The molecular weight excluding hydrogens is 256 g/mol. The Labute approximate surface area is 110 Å². The van der Waals surface area contributed by atoms with Crippen molar-refractivity contribution in [3.8, 4) is 0 Å². The Kier molecular flexibility index (Phi) is 4.67. The molecule has 1 heterocycles. The summed E-state index contributed by atoms with van der Waals surface area (Å²) in [5.41, 5.74) is -0.759. The molecule has 5 nitrogen and oxygen atoms in total. The van der Waals surface area contributed by atoms with Gasteiger partial charge in [-0.3, -0.25) is 9.59 Å². The molecule has 1 aromatic heterocycles. The molecule has 0 radical (unpaired) electrons. The van der Waals surface area contributed by atoms with Crippen LogP contribution in [0.4, 0.5) is 0 Å². The van der Waals surface area contributed by atoms with Crippen LogP contribution in [0.15, 0.2) is 18.3 Å². The molecule has 1 unspecified atom stereocenters. The molecule has 1 rings (SSSR count). The molecule has 0 aromatic carbocycles. The van der Waals surface area contributed by atoms with E-state index >= 15 is 0 Å². The maximum absolute atomic E-state index is 11.7. The second-order valence-electron chi connectivity index (χ2n) is 4.26. The van der Waals surface area contributed by atoms with E-state index in [1.807, 2.05) is 0 Å². The Bertz CT molecular complexity index is 447. The largest absolute Gasteiger partial charge is 0.481 e. The molecule has 1 amide bonds. The molecule has 0 aliphatic rings. The van der Waals surface area contributed by atoms with Crippen molar-refractivity contribution in [3.05, 3.63) is 29.0 Å². The van der Waals surface area contributed by atoms with E-state index in [4.69, 9.17) is 16.7 Å². The first kappa shape index (κ1) is 14.4. The Balaban J connectivity index is 2.66. The smallest absolute Gasteiger partial charge is 0.311 e. The van der Waals surface area contributed by atoms with Crippen LogP contribution in [0.2, 0.25) is 5.02 Å². The van der Waals surface area contributed by atoms with Gasteiger partial charge in [-0.05, 0) is 25.5 Å². The van der Waals surface area contributed by atoms with Crippen LogP contribution in [0.3, 0.4) is 0 Å². The van der Waals surface area contributed by atoms with E-state index in [1.54, 1.807) is 19.9 Å². The highest BCUT2D eigenvalue weighted by Gasteiger charge is 2.31. The zero-order chi connectivity index (χ0) is 13.8. The number of nitrogens with one attached hydrogen (secondary N) is 1. The Hall–Kier alpha value is -1.62. The summed E-state index contributed by atoms with van der Waals surface area (Å²) in [5, 5.41) is 12.1. The minimum Gasteiger partial charge on any atom is -0.481 e. The third kappa shape index (κ3) is 3.43. The van der Waals surface area contributed by atoms with Crippen LogP contribution >= 0.6 is 11.6 Å².